The molecule has 2 aromatic carbocycles. The van der Waals surface area contributed by atoms with Gasteiger partial charge in [-0.15, -0.1) is 0 Å². The van der Waals surface area contributed by atoms with E-state index < -0.39 is 31.7 Å². The molecule has 0 saturated heterocycles. The van der Waals surface area contributed by atoms with Gasteiger partial charge in [0.05, 0.1) is 30.3 Å². The molecule has 0 unspecified atom stereocenters. The van der Waals surface area contributed by atoms with Crippen molar-refractivity contribution in [3.63, 3.8) is 0 Å². The summed E-state index contributed by atoms with van der Waals surface area (Å²) in [4.78, 5) is -0.115. The van der Waals surface area contributed by atoms with E-state index in [0.29, 0.717) is 10.8 Å². The van der Waals surface area contributed by atoms with Gasteiger partial charge in [-0.2, -0.15) is 0 Å². The van der Waals surface area contributed by atoms with Crippen molar-refractivity contribution < 1.29 is 30.7 Å². The number of benzene rings is 2. The van der Waals surface area contributed by atoms with Crippen LogP contribution in [0.2, 0.25) is 5.02 Å². The number of ether oxygens (including phenoxy) is 2. The fourth-order valence-corrected chi connectivity index (χ4v) is 5.76. The van der Waals surface area contributed by atoms with Crippen LogP contribution in [0.15, 0.2) is 75.1 Å². The molecule has 166 valence electrons. The van der Waals surface area contributed by atoms with Gasteiger partial charge in [0, 0.05) is 17.6 Å². The van der Waals surface area contributed by atoms with E-state index in [1.807, 2.05) is 0 Å². The number of hydrogen-bond acceptors (Lipinski definition) is 7. The molecule has 31 heavy (non-hydrogen) atoms. The summed E-state index contributed by atoms with van der Waals surface area (Å²) >= 11 is 5.85. The van der Waals surface area contributed by atoms with Crippen molar-refractivity contribution in [2.75, 3.05) is 20.8 Å². The number of methoxy groups -OCH3 is 2. The lowest BCUT2D eigenvalue weighted by molar-refractivity contribution is 0.354. The van der Waals surface area contributed by atoms with Crippen molar-refractivity contribution in [2.45, 2.75) is 15.0 Å². The van der Waals surface area contributed by atoms with E-state index >= 15 is 0 Å². The molecule has 8 nitrogen and oxygen atoms in total. The van der Waals surface area contributed by atoms with Crippen LogP contribution in [0.25, 0.3) is 0 Å². The molecule has 1 N–H and O–H groups in total. The van der Waals surface area contributed by atoms with Gasteiger partial charge in [-0.25, -0.2) is 21.6 Å². The number of furan rings is 1. The third-order valence-corrected chi connectivity index (χ3v) is 8.25. The number of sulfonamides is 1. The van der Waals surface area contributed by atoms with E-state index in [0.717, 1.165) is 0 Å². The largest absolute Gasteiger partial charge is 0.493 e. The number of nitrogens with one attached hydrogen (secondary N) is 1. The number of sulfone groups is 1. The zero-order valence-electron chi connectivity index (χ0n) is 16.6. The molecule has 3 aromatic rings. The summed E-state index contributed by atoms with van der Waals surface area (Å²) in [5, 5.41) is -0.916. The van der Waals surface area contributed by atoms with Gasteiger partial charge in [0.25, 0.3) is 0 Å². The number of hydrogen-bond donors (Lipinski definition) is 1. The van der Waals surface area contributed by atoms with Crippen LogP contribution >= 0.6 is 11.6 Å². The molecule has 0 saturated carbocycles. The summed E-state index contributed by atoms with van der Waals surface area (Å²) in [6.07, 6.45) is 1.32. The average Bonchev–Trinajstić information content (AvgIpc) is 3.27. The molecule has 0 aliphatic heterocycles. The van der Waals surface area contributed by atoms with Crippen LogP contribution in [0.3, 0.4) is 0 Å². The zero-order valence-corrected chi connectivity index (χ0v) is 19.0. The van der Waals surface area contributed by atoms with E-state index in [-0.39, 0.29) is 21.3 Å². The average molecular weight is 486 g/mol. The van der Waals surface area contributed by atoms with Gasteiger partial charge in [-0.1, -0.05) is 11.6 Å². The summed E-state index contributed by atoms with van der Waals surface area (Å²) in [6.45, 7) is -0.449. The highest BCUT2D eigenvalue weighted by molar-refractivity contribution is 7.92. The molecule has 0 aliphatic carbocycles. The van der Waals surface area contributed by atoms with Crippen LogP contribution in [0.5, 0.6) is 11.5 Å². The Labute approximate surface area is 185 Å². The second-order valence-corrected chi connectivity index (χ2v) is 10.7. The van der Waals surface area contributed by atoms with Crippen molar-refractivity contribution in [1.29, 1.82) is 0 Å². The van der Waals surface area contributed by atoms with Crippen LogP contribution < -0.4 is 14.2 Å². The van der Waals surface area contributed by atoms with E-state index in [4.69, 9.17) is 25.5 Å². The third kappa shape index (κ3) is 5.04. The highest BCUT2D eigenvalue weighted by atomic mass is 35.5. The minimum absolute atomic E-state index is 0.0105. The van der Waals surface area contributed by atoms with E-state index in [9.17, 15) is 16.8 Å². The molecule has 0 bridgehead atoms. The van der Waals surface area contributed by atoms with Gasteiger partial charge in [0.1, 0.15) is 11.0 Å². The first-order valence-electron chi connectivity index (χ1n) is 8.93. The molecule has 0 aliphatic rings. The molecule has 0 fully saturated rings. The first-order valence-corrected chi connectivity index (χ1v) is 12.3. The highest BCUT2D eigenvalue weighted by Crippen LogP contribution is 2.32. The maximum atomic E-state index is 13.2. The van der Waals surface area contributed by atoms with Crippen molar-refractivity contribution in [1.82, 2.24) is 4.72 Å². The monoisotopic (exact) mass is 485 g/mol. The molecular weight excluding hydrogens is 466 g/mol. The van der Waals surface area contributed by atoms with Crippen LogP contribution in [0.1, 0.15) is 11.0 Å². The molecule has 11 heteroatoms. The standard InChI is InChI=1S/C20H20ClNO7S2/c1-27-17-10-9-16(12-19(17)28-2)31(25,26)22-13-20(18-4-3-11-29-18)30(23,24)15-7-5-14(21)6-8-15/h3-12,20,22H,13H2,1-2H3/t20-/m0/s1. The Morgan fingerprint density at radius 1 is 0.935 bits per heavy atom. The quantitative estimate of drug-likeness (QED) is 0.494. The zero-order chi connectivity index (χ0) is 22.6. The fourth-order valence-electron chi connectivity index (χ4n) is 2.88. The molecule has 0 amide bonds. The first kappa shape index (κ1) is 23.1. The minimum atomic E-state index is -4.07. The Hall–Kier alpha value is -2.53. The Balaban J connectivity index is 1.92. The normalized spacial score (nSPS) is 13.0. The number of rotatable bonds is 9. The highest BCUT2D eigenvalue weighted by Gasteiger charge is 2.33. The predicted molar refractivity (Wildman–Crippen MR) is 115 cm³/mol. The third-order valence-electron chi connectivity index (χ3n) is 4.50. The van der Waals surface area contributed by atoms with Gasteiger partial charge in [-0.3, -0.25) is 0 Å². The maximum absolute atomic E-state index is 13.2. The Kier molecular flexibility index (Phi) is 6.95. The first-order chi connectivity index (χ1) is 14.7. The van der Waals surface area contributed by atoms with Crippen molar-refractivity contribution in [3.8, 4) is 11.5 Å². The molecule has 0 spiro atoms. The van der Waals surface area contributed by atoms with Crippen molar-refractivity contribution in [2.24, 2.45) is 0 Å². The molecule has 1 atom stereocenters. The van der Waals surface area contributed by atoms with E-state index in [2.05, 4.69) is 4.72 Å². The summed E-state index contributed by atoms with van der Waals surface area (Å²) in [5.74, 6) is 0.687. The van der Waals surface area contributed by atoms with Crippen LogP contribution in [0, 0.1) is 0 Å². The van der Waals surface area contributed by atoms with Gasteiger partial charge >= 0.3 is 0 Å². The van der Waals surface area contributed by atoms with Gasteiger partial charge in [-0.05, 0) is 48.5 Å². The Bertz CT molecular complexity index is 1240. The van der Waals surface area contributed by atoms with E-state index in [1.165, 1.54) is 75.1 Å². The summed E-state index contributed by atoms with van der Waals surface area (Å²) < 4.78 is 70.0. The summed E-state index contributed by atoms with van der Waals surface area (Å²) in [7, 11) is -5.25. The molecule has 1 aromatic heterocycles. The predicted octanol–water partition coefficient (Wildman–Crippen LogP) is 3.44. The minimum Gasteiger partial charge on any atom is -0.493 e. The van der Waals surface area contributed by atoms with Crippen LogP contribution in [0.4, 0.5) is 0 Å². The Morgan fingerprint density at radius 2 is 1.58 bits per heavy atom. The fraction of sp³-hybridized carbons (Fsp3) is 0.200. The SMILES string of the molecule is COc1ccc(S(=O)(=O)NC[C@@H](c2ccco2)S(=O)(=O)c2ccc(Cl)cc2)cc1OC. The van der Waals surface area contributed by atoms with E-state index in [1.54, 1.807) is 0 Å². The van der Waals surface area contributed by atoms with Gasteiger partial charge in [0.2, 0.25) is 10.0 Å². The van der Waals surface area contributed by atoms with Gasteiger partial charge in [0.15, 0.2) is 21.3 Å². The molecule has 3 rings (SSSR count). The Morgan fingerprint density at radius 3 is 2.16 bits per heavy atom. The lowest BCUT2D eigenvalue weighted by Crippen LogP contribution is -2.32. The van der Waals surface area contributed by atoms with Crippen LogP contribution in [-0.2, 0) is 19.9 Å². The van der Waals surface area contributed by atoms with Crippen LogP contribution in [-0.4, -0.2) is 37.6 Å². The number of halogens is 1. The summed E-state index contributed by atoms with van der Waals surface area (Å²) in [5.41, 5.74) is 0. The van der Waals surface area contributed by atoms with Crippen molar-refractivity contribution in [3.05, 3.63) is 71.6 Å². The summed E-state index contributed by atoms with van der Waals surface area (Å²) in [6, 6.07) is 12.7. The second kappa shape index (κ2) is 9.31. The topological polar surface area (TPSA) is 112 Å². The smallest absolute Gasteiger partial charge is 0.240 e. The lowest BCUT2D eigenvalue weighted by atomic mass is 10.3. The second-order valence-electron chi connectivity index (χ2n) is 6.37. The molecule has 0 radical (unpaired) electrons. The van der Waals surface area contributed by atoms with Crippen molar-refractivity contribution >= 4 is 31.5 Å². The maximum Gasteiger partial charge on any atom is 0.240 e. The lowest BCUT2D eigenvalue weighted by Gasteiger charge is -2.17. The molecule has 1 heterocycles. The molecular formula is C20H20ClNO7S2. The van der Waals surface area contributed by atoms with Gasteiger partial charge < -0.3 is 13.9 Å².